The highest BCUT2D eigenvalue weighted by Gasteiger charge is 2.20. The second-order valence-corrected chi connectivity index (χ2v) is 14.6. The van der Waals surface area contributed by atoms with Crippen LogP contribution in [0.4, 0.5) is 0 Å². The van der Waals surface area contributed by atoms with Gasteiger partial charge in [0.1, 0.15) is 0 Å². The lowest BCUT2D eigenvalue weighted by Crippen LogP contribution is -2.16. The van der Waals surface area contributed by atoms with Crippen LogP contribution in [0.15, 0.2) is 71.4 Å². The number of rotatable bonds is 5. The lowest BCUT2D eigenvalue weighted by molar-refractivity contribution is 0.104. The van der Waals surface area contributed by atoms with E-state index in [1.54, 1.807) is 54.6 Å². The van der Waals surface area contributed by atoms with E-state index in [2.05, 4.69) is 19.6 Å². The molecule has 1 aromatic heterocycles. The fourth-order valence-corrected chi connectivity index (χ4v) is 4.80. The topological polar surface area (TPSA) is 56.1 Å². The Labute approximate surface area is 161 Å². The van der Waals surface area contributed by atoms with Gasteiger partial charge in [0.2, 0.25) is 0 Å². The molecule has 0 atom stereocenters. The van der Waals surface area contributed by atoms with Crippen LogP contribution in [0.3, 0.4) is 0 Å². The highest BCUT2D eigenvalue weighted by Crippen LogP contribution is 2.25. The van der Waals surface area contributed by atoms with Gasteiger partial charge in [0.05, 0.1) is 18.5 Å². The van der Waals surface area contributed by atoms with E-state index in [0.29, 0.717) is 16.5 Å². The molecule has 0 saturated carbocycles. The van der Waals surface area contributed by atoms with Crippen LogP contribution in [0, 0.1) is 6.92 Å². The fraction of sp³-hybridized carbons (Fsp3) is 0.190. The third kappa shape index (κ3) is 3.96. The first kappa shape index (κ1) is 19.3. The fourth-order valence-electron chi connectivity index (χ4n) is 2.81. The second-order valence-electron chi connectivity index (χ2n) is 7.73. The van der Waals surface area contributed by atoms with Crippen LogP contribution in [-0.4, -0.2) is 26.2 Å². The van der Waals surface area contributed by atoms with E-state index in [1.807, 2.05) is 12.6 Å². The molecule has 6 heteroatoms. The molecular weight excluding hydrogens is 374 g/mol. The van der Waals surface area contributed by atoms with Crippen molar-refractivity contribution >= 4 is 34.8 Å². The molecule has 1 heterocycles. The Kier molecular flexibility index (Phi) is 4.97. The number of aromatic nitrogens is 1. The zero-order valence-corrected chi connectivity index (χ0v) is 17.7. The predicted molar refractivity (Wildman–Crippen MR) is 113 cm³/mol. The minimum atomic E-state index is -3.72. The van der Waals surface area contributed by atoms with Gasteiger partial charge in [-0.05, 0) is 37.3 Å². The summed E-state index contributed by atoms with van der Waals surface area (Å²) in [5.74, 6) is -0.103. The van der Waals surface area contributed by atoms with Gasteiger partial charge in [-0.25, -0.2) is 12.4 Å². The molecule has 0 spiro atoms. The minimum Gasteiger partial charge on any atom is -0.289 e. The molecule has 0 amide bonds. The average molecular weight is 398 g/mol. The molecule has 140 valence electrons. The molecule has 4 nitrogen and oxygen atoms in total. The van der Waals surface area contributed by atoms with E-state index in [0.717, 1.165) is 5.56 Å². The summed E-state index contributed by atoms with van der Waals surface area (Å²) in [5, 5.41) is 0.637. The quantitative estimate of drug-likeness (QED) is 0.353. The van der Waals surface area contributed by atoms with Gasteiger partial charge in [0, 0.05) is 17.1 Å². The third-order valence-corrected chi connectivity index (χ3v) is 7.15. The Morgan fingerprint density at radius 3 is 2.30 bits per heavy atom. The number of benzene rings is 2. The summed E-state index contributed by atoms with van der Waals surface area (Å²) in [6.07, 6.45) is 3.13. The maximum absolute atomic E-state index is 13.0. The number of fused-ring (bicyclic) bond motifs is 1. The van der Waals surface area contributed by atoms with Crippen molar-refractivity contribution in [1.82, 2.24) is 3.97 Å². The van der Waals surface area contributed by atoms with E-state index in [-0.39, 0.29) is 10.7 Å². The highest BCUT2D eigenvalue weighted by atomic mass is 32.2. The number of ketones is 1. The summed E-state index contributed by atoms with van der Waals surface area (Å²) >= 11 is 0. The summed E-state index contributed by atoms with van der Waals surface area (Å²) in [7, 11) is -5.22. The molecule has 27 heavy (non-hydrogen) atoms. The molecule has 0 N–H and O–H groups in total. The van der Waals surface area contributed by atoms with Gasteiger partial charge in [-0.15, -0.1) is 0 Å². The molecule has 0 aliphatic rings. The van der Waals surface area contributed by atoms with Crippen molar-refractivity contribution < 1.29 is 13.2 Å². The zero-order valence-electron chi connectivity index (χ0n) is 15.9. The minimum absolute atomic E-state index is 0.103. The Bertz CT molecular complexity index is 1130. The first-order valence-corrected chi connectivity index (χ1v) is 13.8. The first-order valence-electron chi connectivity index (χ1n) is 8.75. The van der Waals surface area contributed by atoms with Gasteiger partial charge in [0.15, 0.2) is 5.78 Å². The SMILES string of the molecule is Cc1ccc(S(=O)(=O)n2ccc3c(C(=O)/C=C/[Si](C)(C)C)cccc32)cc1. The van der Waals surface area contributed by atoms with Gasteiger partial charge in [-0.2, -0.15) is 0 Å². The van der Waals surface area contributed by atoms with Crippen LogP contribution in [-0.2, 0) is 10.0 Å². The number of nitrogens with zero attached hydrogens (tertiary/aromatic N) is 1. The summed E-state index contributed by atoms with van der Waals surface area (Å²) in [5.41, 5.74) is 4.00. The lowest BCUT2D eigenvalue weighted by Gasteiger charge is -2.09. The number of hydrogen-bond acceptors (Lipinski definition) is 3. The summed E-state index contributed by atoms with van der Waals surface area (Å²) in [6.45, 7) is 8.37. The molecule has 0 aliphatic carbocycles. The van der Waals surface area contributed by atoms with Crippen LogP contribution in [0.2, 0.25) is 19.6 Å². The normalized spacial score (nSPS) is 12.7. The standard InChI is InChI=1S/C21H23NO3SSi/c1-16-8-10-17(11-9-16)26(24,25)22-14-12-18-19(6-5-7-20(18)22)21(23)13-15-27(2,3)4/h5-15H,1-4H3/b15-13+. The van der Waals surface area contributed by atoms with Gasteiger partial charge in [-0.3, -0.25) is 4.79 Å². The van der Waals surface area contributed by atoms with E-state index < -0.39 is 18.1 Å². The van der Waals surface area contributed by atoms with E-state index >= 15 is 0 Å². The average Bonchev–Trinajstić information content (AvgIpc) is 3.04. The van der Waals surface area contributed by atoms with Crippen molar-refractivity contribution in [2.75, 3.05) is 0 Å². The van der Waals surface area contributed by atoms with Crippen LogP contribution >= 0.6 is 0 Å². The van der Waals surface area contributed by atoms with Crippen molar-refractivity contribution in [3.63, 3.8) is 0 Å². The maximum atomic E-state index is 13.0. The molecule has 0 saturated heterocycles. The first-order chi connectivity index (χ1) is 12.6. The number of carbonyl (C=O) groups excluding carboxylic acids is 1. The number of carbonyl (C=O) groups is 1. The van der Waals surface area contributed by atoms with Crippen molar-refractivity contribution in [1.29, 1.82) is 0 Å². The zero-order chi connectivity index (χ0) is 19.8. The predicted octanol–water partition coefficient (Wildman–Crippen LogP) is 4.80. The number of hydrogen-bond donors (Lipinski definition) is 0. The highest BCUT2D eigenvalue weighted by molar-refractivity contribution is 7.90. The number of allylic oxidation sites excluding steroid dienone is 1. The van der Waals surface area contributed by atoms with Crippen LogP contribution in [0.1, 0.15) is 15.9 Å². The summed E-state index contributed by atoms with van der Waals surface area (Å²) < 4.78 is 27.3. The monoisotopic (exact) mass is 397 g/mol. The molecule has 2 aromatic carbocycles. The maximum Gasteiger partial charge on any atom is 0.268 e. The Balaban J connectivity index is 2.10. The second kappa shape index (κ2) is 6.94. The van der Waals surface area contributed by atoms with Gasteiger partial charge in [-0.1, -0.05) is 55.2 Å². The molecule has 3 rings (SSSR count). The number of aryl methyl sites for hydroxylation is 1. The molecule has 0 radical (unpaired) electrons. The van der Waals surface area contributed by atoms with Crippen molar-refractivity contribution in [2.24, 2.45) is 0 Å². The van der Waals surface area contributed by atoms with Crippen LogP contribution in [0.5, 0.6) is 0 Å². The van der Waals surface area contributed by atoms with Crippen LogP contribution in [0.25, 0.3) is 10.9 Å². The summed E-state index contributed by atoms with van der Waals surface area (Å²) in [4.78, 5) is 12.9. The smallest absolute Gasteiger partial charge is 0.268 e. The van der Waals surface area contributed by atoms with E-state index in [1.165, 1.54) is 10.2 Å². The molecule has 0 bridgehead atoms. The summed E-state index contributed by atoms with van der Waals surface area (Å²) in [6, 6.07) is 13.6. The molecular formula is C21H23NO3SSi. The van der Waals surface area contributed by atoms with E-state index in [4.69, 9.17) is 0 Å². The van der Waals surface area contributed by atoms with Crippen molar-refractivity contribution in [3.8, 4) is 0 Å². The van der Waals surface area contributed by atoms with Crippen molar-refractivity contribution in [3.05, 3.63) is 77.6 Å². The largest absolute Gasteiger partial charge is 0.289 e. The Morgan fingerprint density at radius 2 is 1.67 bits per heavy atom. The van der Waals surface area contributed by atoms with Gasteiger partial charge in [0.25, 0.3) is 10.0 Å². The third-order valence-electron chi connectivity index (χ3n) is 4.28. The van der Waals surface area contributed by atoms with Gasteiger partial charge < -0.3 is 0 Å². The van der Waals surface area contributed by atoms with Crippen LogP contribution < -0.4 is 0 Å². The molecule has 0 unspecified atom stereocenters. The Morgan fingerprint density at radius 1 is 1.00 bits per heavy atom. The van der Waals surface area contributed by atoms with Crippen molar-refractivity contribution in [2.45, 2.75) is 31.5 Å². The molecule has 0 aliphatic heterocycles. The molecule has 3 aromatic rings. The Hall–Kier alpha value is -2.44. The van der Waals surface area contributed by atoms with E-state index in [9.17, 15) is 13.2 Å². The molecule has 0 fully saturated rings. The lowest BCUT2D eigenvalue weighted by atomic mass is 10.1. The van der Waals surface area contributed by atoms with Gasteiger partial charge >= 0.3 is 0 Å².